The number of aryl methyl sites for hydroxylation is 1. The summed E-state index contributed by atoms with van der Waals surface area (Å²) in [7, 11) is 0. The van der Waals surface area contributed by atoms with Gasteiger partial charge in [-0.05, 0) is 25.1 Å². The number of furan rings is 1. The van der Waals surface area contributed by atoms with Gasteiger partial charge in [0.05, 0.1) is 6.54 Å². The van der Waals surface area contributed by atoms with E-state index < -0.39 is 17.8 Å². The second-order valence-electron chi connectivity index (χ2n) is 4.14. The normalized spacial score (nSPS) is 11.4. The fourth-order valence-electron chi connectivity index (χ4n) is 1.60. The highest BCUT2D eigenvalue weighted by Gasteiger charge is 2.32. The molecule has 2 aromatic rings. The van der Waals surface area contributed by atoms with E-state index in [-0.39, 0.29) is 23.7 Å². The van der Waals surface area contributed by atoms with Crippen molar-refractivity contribution in [3.05, 3.63) is 41.0 Å². The van der Waals surface area contributed by atoms with E-state index in [1.165, 1.54) is 13.0 Å². The minimum Gasteiger partial charge on any atom is -0.478 e. The highest BCUT2D eigenvalue weighted by molar-refractivity contribution is 5.88. The van der Waals surface area contributed by atoms with Crippen molar-refractivity contribution in [2.45, 2.75) is 19.6 Å². The molecule has 0 saturated carbocycles. The molecule has 0 saturated heterocycles. The summed E-state index contributed by atoms with van der Waals surface area (Å²) in [5.74, 6) is -0.421. The lowest BCUT2D eigenvalue weighted by Crippen LogP contribution is -2.10. The summed E-state index contributed by atoms with van der Waals surface area (Å²) >= 11 is 0. The lowest BCUT2D eigenvalue weighted by atomic mass is 10.2. The van der Waals surface area contributed by atoms with E-state index in [1.54, 1.807) is 0 Å². The third kappa shape index (κ3) is 3.50. The van der Waals surface area contributed by atoms with Crippen molar-refractivity contribution in [3.63, 3.8) is 0 Å². The second kappa shape index (κ2) is 5.43. The van der Waals surface area contributed by atoms with Crippen LogP contribution in [0.25, 0.3) is 0 Å². The third-order valence-electron chi connectivity index (χ3n) is 2.60. The molecule has 9 heteroatoms. The summed E-state index contributed by atoms with van der Waals surface area (Å²) in [4.78, 5) is 10.8. The molecule has 0 atom stereocenters. The van der Waals surface area contributed by atoms with Gasteiger partial charge in [0.2, 0.25) is 0 Å². The first-order valence-corrected chi connectivity index (χ1v) is 5.75. The monoisotopic (exact) mass is 301 g/mol. The van der Waals surface area contributed by atoms with Crippen LogP contribution in [0.2, 0.25) is 0 Å². The number of rotatable bonds is 4. The van der Waals surface area contributed by atoms with Gasteiger partial charge in [-0.2, -0.15) is 13.2 Å². The van der Waals surface area contributed by atoms with E-state index in [1.807, 2.05) is 0 Å². The molecule has 2 heterocycles. The zero-order valence-electron chi connectivity index (χ0n) is 10.7. The maximum Gasteiger partial charge on any atom is 0.435 e. The van der Waals surface area contributed by atoms with Gasteiger partial charge in [0.1, 0.15) is 22.9 Å². The molecule has 112 valence electrons. The van der Waals surface area contributed by atoms with Crippen molar-refractivity contribution in [1.29, 1.82) is 0 Å². The van der Waals surface area contributed by atoms with Crippen LogP contribution in [0.5, 0.6) is 0 Å². The number of carboxylic acids is 1. The fraction of sp³-hybridized carbons (Fsp3) is 0.250. The summed E-state index contributed by atoms with van der Waals surface area (Å²) in [6, 6.07) is 3.26. The van der Waals surface area contributed by atoms with Crippen LogP contribution in [0.1, 0.15) is 27.6 Å². The minimum absolute atomic E-state index is 0.0327. The Morgan fingerprint density at radius 1 is 1.38 bits per heavy atom. The molecule has 0 aromatic carbocycles. The van der Waals surface area contributed by atoms with Gasteiger partial charge in [0.15, 0.2) is 5.69 Å². The van der Waals surface area contributed by atoms with Crippen LogP contribution in [0.3, 0.4) is 0 Å². The van der Waals surface area contributed by atoms with Crippen LogP contribution >= 0.6 is 0 Å². The van der Waals surface area contributed by atoms with Crippen molar-refractivity contribution in [3.8, 4) is 0 Å². The Kier molecular flexibility index (Phi) is 3.83. The van der Waals surface area contributed by atoms with Gasteiger partial charge in [0.25, 0.3) is 0 Å². The number of nitrogens with one attached hydrogen (secondary N) is 1. The molecule has 6 nitrogen and oxygen atoms in total. The summed E-state index contributed by atoms with van der Waals surface area (Å²) < 4.78 is 42.1. The zero-order chi connectivity index (χ0) is 15.6. The Balaban J connectivity index is 2.03. The van der Waals surface area contributed by atoms with E-state index in [2.05, 4.69) is 15.5 Å². The summed E-state index contributed by atoms with van der Waals surface area (Å²) in [6.45, 7) is 1.58. The number of carboxylic acid groups (broad SMARTS) is 1. The third-order valence-corrected chi connectivity index (χ3v) is 2.60. The lowest BCUT2D eigenvalue weighted by Gasteiger charge is -2.06. The molecule has 0 aliphatic heterocycles. The minimum atomic E-state index is -4.54. The quantitative estimate of drug-likeness (QED) is 0.902. The van der Waals surface area contributed by atoms with E-state index in [4.69, 9.17) is 9.52 Å². The largest absolute Gasteiger partial charge is 0.478 e. The first-order valence-electron chi connectivity index (χ1n) is 5.75. The topological polar surface area (TPSA) is 88.3 Å². The lowest BCUT2D eigenvalue weighted by molar-refractivity contribution is -0.141. The molecule has 0 aliphatic carbocycles. The molecule has 2 rings (SSSR count). The fourth-order valence-corrected chi connectivity index (χ4v) is 1.60. The Morgan fingerprint density at radius 2 is 2.10 bits per heavy atom. The molecule has 0 bridgehead atoms. The molecule has 2 aromatic heterocycles. The van der Waals surface area contributed by atoms with E-state index >= 15 is 0 Å². The van der Waals surface area contributed by atoms with Crippen LogP contribution in [-0.2, 0) is 12.7 Å². The number of anilines is 1. The van der Waals surface area contributed by atoms with Crippen LogP contribution in [-0.4, -0.2) is 21.3 Å². The first-order chi connectivity index (χ1) is 9.77. The maximum absolute atomic E-state index is 12.3. The van der Waals surface area contributed by atoms with Gasteiger partial charge < -0.3 is 14.8 Å². The van der Waals surface area contributed by atoms with Gasteiger partial charge in [-0.15, -0.1) is 10.2 Å². The molecule has 0 aliphatic rings. The van der Waals surface area contributed by atoms with Crippen molar-refractivity contribution >= 4 is 11.8 Å². The Labute approximate surface area is 116 Å². The average molecular weight is 301 g/mol. The number of aromatic nitrogens is 2. The van der Waals surface area contributed by atoms with Gasteiger partial charge in [-0.25, -0.2) is 4.79 Å². The number of carbonyl (C=O) groups is 1. The molecule has 0 fully saturated rings. The van der Waals surface area contributed by atoms with Crippen LogP contribution in [0, 0.1) is 6.92 Å². The van der Waals surface area contributed by atoms with Gasteiger partial charge >= 0.3 is 12.1 Å². The van der Waals surface area contributed by atoms with Crippen molar-refractivity contribution < 1.29 is 27.5 Å². The summed E-state index contributed by atoms with van der Waals surface area (Å²) in [5, 5.41) is 18.0. The van der Waals surface area contributed by atoms with Gasteiger partial charge in [0, 0.05) is 0 Å². The zero-order valence-corrected chi connectivity index (χ0v) is 10.7. The van der Waals surface area contributed by atoms with Crippen molar-refractivity contribution in [2.24, 2.45) is 0 Å². The summed E-state index contributed by atoms with van der Waals surface area (Å²) in [5.41, 5.74) is -1.06. The predicted octanol–water partition coefficient (Wildman–Crippen LogP) is 2.71. The van der Waals surface area contributed by atoms with E-state index in [9.17, 15) is 18.0 Å². The van der Waals surface area contributed by atoms with Crippen molar-refractivity contribution in [1.82, 2.24) is 10.2 Å². The highest BCUT2D eigenvalue weighted by Crippen LogP contribution is 2.27. The predicted molar refractivity (Wildman–Crippen MR) is 64.8 cm³/mol. The van der Waals surface area contributed by atoms with Gasteiger partial charge in [-0.1, -0.05) is 0 Å². The molecule has 0 radical (unpaired) electrons. The molecule has 21 heavy (non-hydrogen) atoms. The number of alkyl halides is 3. The number of aromatic carboxylic acids is 1. The standard InChI is InChI=1S/C12H10F3N3O3/c1-6-8(11(19)20)4-7(21-6)5-16-10-3-2-9(17-18-10)12(13,14)15/h2-4H,5H2,1H3,(H,16,18)(H,19,20). The van der Waals surface area contributed by atoms with Gasteiger partial charge in [-0.3, -0.25) is 0 Å². The Bertz CT molecular complexity index is 650. The molecule has 0 unspecified atom stereocenters. The smallest absolute Gasteiger partial charge is 0.435 e. The van der Waals surface area contributed by atoms with Crippen LogP contribution in [0.15, 0.2) is 22.6 Å². The van der Waals surface area contributed by atoms with E-state index in [0.717, 1.165) is 12.1 Å². The Morgan fingerprint density at radius 3 is 2.57 bits per heavy atom. The SMILES string of the molecule is Cc1oc(CNc2ccc(C(F)(F)F)nn2)cc1C(=O)O. The summed E-state index contributed by atoms with van der Waals surface area (Å²) in [6.07, 6.45) is -4.54. The second-order valence-corrected chi connectivity index (χ2v) is 4.14. The molecular weight excluding hydrogens is 291 g/mol. The maximum atomic E-state index is 12.3. The highest BCUT2D eigenvalue weighted by atomic mass is 19.4. The number of hydrogen-bond donors (Lipinski definition) is 2. The molecule has 0 spiro atoms. The van der Waals surface area contributed by atoms with E-state index in [0.29, 0.717) is 5.76 Å². The Hall–Kier alpha value is -2.58. The van der Waals surface area contributed by atoms with Crippen LogP contribution in [0.4, 0.5) is 19.0 Å². The average Bonchev–Trinajstić information content (AvgIpc) is 2.77. The molecular formula is C12H10F3N3O3. The number of halogens is 3. The van der Waals surface area contributed by atoms with Crippen molar-refractivity contribution in [2.75, 3.05) is 5.32 Å². The van der Waals surface area contributed by atoms with Crippen LogP contribution < -0.4 is 5.32 Å². The molecule has 2 N–H and O–H groups in total. The first kappa shape index (κ1) is 14.8. The number of nitrogens with zero attached hydrogens (tertiary/aromatic N) is 2. The number of hydrogen-bond acceptors (Lipinski definition) is 5. The molecule has 0 amide bonds.